The Morgan fingerprint density at radius 2 is 1.83 bits per heavy atom. The number of hydrogen-bond donors (Lipinski definition) is 0. The minimum absolute atomic E-state index is 0.107. The molecule has 3 nitrogen and oxygen atoms in total. The molecule has 2 aromatic heterocycles. The number of aryl methyl sites for hydroxylation is 1. The van der Waals surface area contributed by atoms with Gasteiger partial charge in [0.2, 0.25) is 0 Å². The largest absolute Gasteiger partial charge is 0.416 e. The minimum atomic E-state index is -4.40. The van der Waals surface area contributed by atoms with Crippen LogP contribution < -0.4 is 5.56 Å². The third-order valence-corrected chi connectivity index (χ3v) is 9.07. The van der Waals surface area contributed by atoms with Crippen molar-refractivity contribution in [2.45, 2.75) is 57.1 Å². The summed E-state index contributed by atoms with van der Waals surface area (Å²) in [5.74, 6) is 0.815. The SMILES string of the molecule is CC(C)(C)C1CCc2c(sc3nc(SCc4cccc(C(F)(F)F)c4)n(-c4ccccc4)c(=O)c23)C1. The number of halogens is 3. The van der Waals surface area contributed by atoms with E-state index in [-0.39, 0.29) is 16.7 Å². The van der Waals surface area contributed by atoms with E-state index in [1.54, 1.807) is 22.0 Å². The molecule has 36 heavy (non-hydrogen) atoms. The highest BCUT2D eigenvalue weighted by atomic mass is 32.2. The lowest BCUT2D eigenvalue weighted by atomic mass is 9.72. The van der Waals surface area contributed by atoms with Crippen LogP contribution in [0.25, 0.3) is 15.9 Å². The van der Waals surface area contributed by atoms with E-state index >= 15 is 0 Å². The van der Waals surface area contributed by atoms with Crippen LogP contribution in [-0.2, 0) is 24.8 Å². The fourth-order valence-corrected chi connectivity index (χ4v) is 7.13. The first-order valence-corrected chi connectivity index (χ1v) is 13.7. The molecule has 0 radical (unpaired) electrons. The Morgan fingerprint density at radius 1 is 1.08 bits per heavy atom. The van der Waals surface area contributed by atoms with Crippen LogP contribution in [0, 0.1) is 11.3 Å². The van der Waals surface area contributed by atoms with Crippen molar-refractivity contribution in [2.75, 3.05) is 0 Å². The van der Waals surface area contributed by atoms with E-state index in [1.807, 2.05) is 30.3 Å². The number of aromatic nitrogens is 2. The number of nitrogens with zero attached hydrogens (tertiary/aromatic N) is 2. The Balaban J connectivity index is 1.58. The van der Waals surface area contributed by atoms with Gasteiger partial charge in [0.1, 0.15) is 4.83 Å². The van der Waals surface area contributed by atoms with Gasteiger partial charge < -0.3 is 0 Å². The maximum atomic E-state index is 13.9. The highest BCUT2D eigenvalue weighted by molar-refractivity contribution is 7.98. The van der Waals surface area contributed by atoms with Crippen LogP contribution in [-0.4, -0.2) is 9.55 Å². The quantitative estimate of drug-likeness (QED) is 0.199. The zero-order valence-corrected chi connectivity index (χ0v) is 22.0. The number of fused-ring (bicyclic) bond motifs is 3. The minimum Gasteiger partial charge on any atom is -0.268 e. The second-order valence-electron chi connectivity index (χ2n) is 10.3. The standard InChI is InChI=1S/C28H27F3N2OS2/c1-27(2,3)18-12-13-21-22(15-18)36-24-23(21)25(34)33(20-10-5-4-6-11-20)26(32-24)35-16-17-8-7-9-19(14-17)28(29,30)31/h4-11,14,18H,12-13,15-16H2,1-3H3. The van der Waals surface area contributed by atoms with Gasteiger partial charge in [-0.3, -0.25) is 9.36 Å². The van der Waals surface area contributed by atoms with Crippen molar-refractivity contribution in [1.82, 2.24) is 9.55 Å². The molecule has 188 valence electrons. The third kappa shape index (κ3) is 4.85. The molecule has 1 aliphatic carbocycles. The molecule has 0 bridgehead atoms. The molecule has 1 atom stereocenters. The number of rotatable bonds is 4. The Bertz CT molecular complexity index is 1470. The number of para-hydroxylation sites is 1. The van der Waals surface area contributed by atoms with Gasteiger partial charge in [-0.1, -0.05) is 68.9 Å². The van der Waals surface area contributed by atoms with Gasteiger partial charge in [0, 0.05) is 10.6 Å². The van der Waals surface area contributed by atoms with Crippen LogP contribution in [0.15, 0.2) is 64.5 Å². The second-order valence-corrected chi connectivity index (χ2v) is 12.4. The van der Waals surface area contributed by atoms with Crippen molar-refractivity contribution in [3.63, 3.8) is 0 Å². The summed E-state index contributed by atoms with van der Waals surface area (Å²) in [7, 11) is 0. The summed E-state index contributed by atoms with van der Waals surface area (Å²) in [6.45, 7) is 6.79. The van der Waals surface area contributed by atoms with Crippen molar-refractivity contribution in [3.05, 3.63) is 86.5 Å². The van der Waals surface area contributed by atoms with E-state index in [0.29, 0.717) is 27.7 Å². The number of thiophene rings is 1. The lowest BCUT2D eigenvalue weighted by molar-refractivity contribution is -0.137. The number of benzene rings is 2. The van der Waals surface area contributed by atoms with Crippen molar-refractivity contribution in [1.29, 1.82) is 0 Å². The van der Waals surface area contributed by atoms with Crippen molar-refractivity contribution in [2.24, 2.45) is 11.3 Å². The molecule has 0 spiro atoms. The molecule has 0 amide bonds. The average molecular weight is 529 g/mol. The summed E-state index contributed by atoms with van der Waals surface area (Å²) < 4.78 is 41.2. The Labute approximate surface area is 216 Å². The van der Waals surface area contributed by atoms with Crippen LogP contribution in [0.2, 0.25) is 0 Å². The summed E-state index contributed by atoms with van der Waals surface area (Å²) in [5, 5.41) is 1.18. The monoisotopic (exact) mass is 528 g/mol. The smallest absolute Gasteiger partial charge is 0.268 e. The first-order chi connectivity index (χ1) is 17.0. The zero-order valence-electron chi connectivity index (χ0n) is 20.4. The van der Waals surface area contributed by atoms with Crippen molar-refractivity contribution < 1.29 is 13.2 Å². The van der Waals surface area contributed by atoms with Gasteiger partial charge in [-0.25, -0.2) is 4.98 Å². The fourth-order valence-electron chi connectivity index (χ4n) is 4.83. The van der Waals surface area contributed by atoms with E-state index in [9.17, 15) is 18.0 Å². The molecular formula is C28H27F3N2OS2. The van der Waals surface area contributed by atoms with Gasteiger partial charge in [0.25, 0.3) is 5.56 Å². The van der Waals surface area contributed by atoms with Crippen LogP contribution in [0.3, 0.4) is 0 Å². The van der Waals surface area contributed by atoms with Crippen molar-refractivity contribution >= 4 is 33.3 Å². The molecular weight excluding hydrogens is 501 g/mol. The molecule has 4 aromatic rings. The Kier molecular flexibility index (Phi) is 6.53. The van der Waals surface area contributed by atoms with Gasteiger partial charge in [-0.15, -0.1) is 11.3 Å². The van der Waals surface area contributed by atoms with Crippen LogP contribution >= 0.6 is 23.1 Å². The molecule has 5 rings (SSSR count). The molecule has 1 aliphatic rings. The first kappa shape index (κ1) is 25.1. The first-order valence-electron chi connectivity index (χ1n) is 11.9. The maximum Gasteiger partial charge on any atom is 0.416 e. The molecule has 0 N–H and O–H groups in total. The van der Waals surface area contributed by atoms with Crippen molar-refractivity contribution in [3.8, 4) is 5.69 Å². The predicted molar refractivity (Wildman–Crippen MR) is 141 cm³/mol. The topological polar surface area (TPSA) is 34.9 Å². The molecule has 2 aromatic carbocycles. The lowest BCUT2D eigenvalue weighted by Gasteiger charge is -2.33. The van der Waals surface area contributed by atoms with Crippen LogP contribution in [0.5, 0.6) is 0 Å². The Hall–Kier alpha value is -2.58. The lowest BCUT2D eigenvalue weighted by Crippen LogP contribution is -2.27. The molecule has 0 saturated heterocycles. The van der Waals surface area contributed by atoms with E-state index in [2.05, 4.69) is 20.8 Å². The van der Waals surface area contributed by atoms with E-state index in [4.69, 9.17) is 4.98 Å². The van der Waals surface area contributed by atoms with Gasteiger partial charge in [0.15, 0.2) is 5.16 Å². The average Bonchev–Trinajstić information content (AvgIpc) is 3.20. The second kappa shape index (κ2) is 9.38. The molecule has 8 heteroatoms. The van der Waals surface area contributed by atoms with Gasteiger partial charge in [-0.2, -0.15) is 13.2 Å². The summed E-state index contributed by atoms with van der Waals surface area (Å²) in [4.78, 5) is 20.8. The summed E-state index contributed by atoms with van der Waals surface area (Å²) in [6.07, 6.45) is -1.55. The number of hydrogen-bond acceptors (Lipinski definition) is 4. The summed E-state index contributed by atoms with van der Waals surface area (Å²) >= 11 is 2.88. The summed E-state index contributed by atoms with van der Waals surface area (Å²) in [5.41, 5.74) is 1.76. The normalized spacial score (nSPS) is 16.3. The molecule has 0 fully saturated rings. The van der Waals surface area contributed by atoms with Gasteiger partial charge in [0.05, 0.1) is 16.6 Å². The molecule has 0 saturated carbocycles. The predicted octanol–water partition coefficient (Wildman–Crippen LogP) is 7.91. The van der Waals surface area contributed by atoms with E-state index in [0.717, 1.165) is 41.8 Å². The van der Waals surface area contributed by atoms with E-state index in [1.165, 1.54) is 22.7 Å². The fraction of sp³-hybridized carbons (Fsp3) is 0.357. The Morgan fingerprint density at radius 3 is 2.53 bits per heavy atom. The highest BCUT2D eigenvalue weighted by Gasteiger charge is 2.33. The van der Waals surface area contributed by atoms with E-state index < -0.39 is 11.7 Å². The number of thioether (sulfide) groups is 1. The third-order valence-electron chi connectivity index (χ3n) is 6.91. The molecule has 0 aliphatic heterocycles. The number of alkyl halides is 3. The molecule has 1 unspecified atom stereocenters. The highest BCUT2D eigenvalue weighted by Crippen LogP contribution is 2.42. The van der Waals surface area contributed by atoms with Crippen LogP contribution in [0.1, 0.15) is 48.8 Å². The van der Waals surface area contributed by atoms with Gasteiger partial charge in [-0.05, 0) is 59.9 Å². The summed E-state index contributed by atoms with van der Waals surface area (Å²) in [6, 6.07) is 14.6. The van der Waals surface area contributed by atoms with Crippen LogP contribution in [0.4, 0.5) is 13.2 Å². The van der Waals surface area contributed by atoms with Gasteiger partial charge >= 0.3 is 6.18 Å². The zero-order chi connectivity index (χ0) is 25.7. The maximum absolute atomic E-state index is 13.9. The molecule has 2 heterocycles.